The number of hydrogen-bond donors (Lipinski definition) is 1. The largest absolute Gasteiger partial charge is 0.350 e. The molecule has 0 spiro atoms. The molecule has 2 heteroatoms. The molecule has 1 aromatic rings. The summed E-state index contributed by atoms with van der Waals surface area (Å²) in [5.41, 5.74) is 4.37. The second-order valence-corrected chi connectivity index (χ2v) is 3.76. The van der Waals surface area contributed by atoms with Crippen molar-refractivity contribution in [1.82, 2.24) is 4.98 Å². The number of aromatic nitrogens is 1. The number of nitrogens with one attached hydrogen (secondary N) is 1. The lowest BCUT2D eigenvalue weighted by molar-refractivity contribution is 0.896. The van der Waals surface area contributed by atoms with E-state index in [0.717, 1.165) is 11.1 Å². The van der Waals surface area contributed by atoms with E-state index >= 15 is 0 Å². The molecule has 2 rings (SSSR count). The maximum absolute atomic E-state index is 5.15. The van der Waals surface area contributed by atoms with Crippen molar-refractivity contribution in [2.75, 3.05) is 0 Å². The molecule has 1 aliphatic rings. The Morgan fingerprint density at radius 1 is 1.50 bits per heavy atom. The highest BCUT2D eigenvalue weighted by Gasteiger charge is 2.13. The van der Waals surface area contributed by atoms with Crippen LogP contribution in [-0.2, 0) is 19.3 Å². The van der Waals surface area contributed by atoms with Gasteiger partial charge < -0.3 is 4.98 Å². The lowest BCUT2D eigenvalue weighted by Gasteiger charge is -2.05. The first-order chi connectivity index (χ1) is 5.81. The van der Waals surface area contributed by atoms with Crippen LogP contribution < -0.4 is 0 Å². The van der Waals surface area contributed by atoms with Crippen LogP contribution in [0, 0.1) is 4.64 Å². The Balaban J connectivity index is 2.62. The second-order valence-electron chi connectivity index (χ2n) is 3.32. The fraction of sp³-hybridized carbons (Fsp3) is 0.500. The minimum Gasteiger partial charge on any atom is -0.350 e. The number of aromatic amines is 1. The zero-order chi connectivity index (χ0) is 8.55. The van der Waals surface area contributed by atoms with Gasteiger partial charge in [-0.15, -0.1) is 0 Å². The number of pyridine rings is 1. The average molecular weight is 179 g/mol. The van der Waals surface area contributed by atoms with E-state index in [1.165, 1.54) is 36.1 Å². The van der Waals surface area contributed by atoms with E-state index in [4.69, 9.17) is 12.2 Å². The van der Waals surface area contributed by atoms with Gasteiger partial charge in [0.1, 0.15) is 4.64 Å². The van der Waals surface area contributed by atoms with Crippen LogP contribution in [0.2, 0.25) is 0 Å². The van der Waals surface area contributed by atoms with Gasteiger partial charge in [0.05, 0.1) is 0 Å². The highest BCUT2D eigenvalue weighted by Crippen LogP contribution is 2.23. The van der Waals surface area contributed by atoms with Crippen molar-refractivity contribution >= 4 is 12.2 Å². The summed E-state index contributed by atoms with van der Waals surface area (Å²) >= 11 is 5.15. The van der Waals surface area contributed by atoms with Crippen molar-refractivity contribution in [2.24, 2.45) is 0 Å². The average Bonchev–Trinajstić information content (AvgIpc) is 2.50. The third-order valence-corrected chi connectivity index (χ3v) is 2.79. The number of fused-ring (bicyclic) bond motifs is 1. The van der Waals surface area contributed by atoms with Crippen molar-refractivity contribution in [1.29, 1.82) is 0 Å². The standard InChI is InChI=1S/C10H13NS/c1-2-7-6-10(12)11-9-5-3-4-8(7)9/h6H,2-5H2,1H3,(H,11,12). The van der Waals surface area contributed by atoms with E-state index in [1.54, 1.807) is 0 Å². The molecule has 1 heterocycles. The van der Waals surface area contributed by atoms with Gasteiger partial charge in [0.25, 0.3) is 0 Å². The first-order valence-corrected chi connectivity index (χ1v) is 4.96. The van der Waals surface area contributed by atoms with E-state index in [9.17, 15) is 0 Å². The molecule has 64 valence electrons. The van der Waals surface area contributed by atoms with E-state index in [2.05, 4.69) is 18.0 Å². The van der Waals surface area contributed by atoms with Gasteiger partial charge >= 0.3 is 0 Å². The molecule has 0 bridgehead atoms. The van der Waals surface area contributed by atoms with E-state index in [1.807, 2.05) is 0 Å². The number of H-pyrrole nitrogens is 1. The molecule has 0 saturated carbocycles. The quantitative estimate of drug-likeness (QED) is 0.655. The molecule has 0 aliphatic heterocycles. The van der Waals surface area contributed by atoms with Crippen LogP contribution in [-0.4, -0.2) is 4.98 Å². The second kappa shape index (κ2) is 3.02. The minimum atomic E-state index is 0.896. The summed E-state index contributed by atoms with van der Waals surface area (Å²) in [5.74, 6) is 0. The van der Waals surface area contributed by atoms with Gasteiger partial charge in [-0.05, 0) is 42.9 Å². The molecule has 1 nitrogen and oxygen atoms in total. The minimum absolute atomic E-state index is 0.896. The zero-order valence-corrected chi connectivity index (χ0v) is 8.13. The predicted octanol–water partition coefficient (Wildman–Crippen LogP) is 2.80. The lowest BCUT2D eigenvalue weighted by atomic mass is 10.1. The molecule has 0 aromatic carbocycles. The molecule has 1 N–H and O–H groups in total. The van der Waals surface area contributed by atoms with Gasteiger partial charge in [-0.3, -0.25) is 0 Å². The Bertz CT molecular complexity index is 351. The molecule has 0 fully saturated rings. The van der Waals surface area contributed by atoms with Crippen LogP contribution in [0.5, 0.6) is 0 Å². The molecule has 1 aliphatic carbocycles. The topological polar surface area (TPSA) is 15.8 Å². The molecule has 0 unspecified atom stereocenters. The first kappa shape index (κ1) is 7.99. The maximum atomic E-state index is 5.15. The van der Waals surface area contributed by atoms with E-state index < -0.39 is 0 Å². The molecule has 0 radical (unpaired) electrons. The smallest absolute Gasteiger partial charge is 0.103 e. The highest BCUT2D eigenvalue weighted by atomic mass is 32.1. The Hall–Kier alpha value is -0.630. The van der Waals surface area contributed by atoms with Crippen LogP contribution >= 0.6 is 12.2 Å². The van der Waals surface area contributed by atoms with Crippen molar-refractivity contribution in [3.8, 4) is 0 Å². The molecular weight excluding hydrogens is 166 g/mol. The van der Waals surface area contributed by atoms with Crippen molar-refractivity contribution in [3.05, 3.63) is 27.5 Å². The van der Waals surface area contributed by atoms with Gasteiger partial charge in [-0.25, -0.2) is 0 Å². The van der Waals surface area contributed by atoms with Gasteiger partial charge in [0.15, 0.2) is 0 Å². The van der Waals surface area contributed by atoms with Crippen LogP contribution in [0.1, 0.15) is 30.2 Å². The van der Waals surface area contributed by atoms with Crippen LogP contribution in [0.25, 0.3) is 0 Å². The number of aryl methyl sites for hydroxylation is 2. The Labute approximate surface area is 77.8 Å². The van der Waals surface area contributed by atoms with Crippen molar-refractivity contribution in [3.63, 3.8) is 0 Å². The van der Waals surface area contributed by atoms with Crippen LogP contribution in [0.4, 0.5) is 0 Å². The zero-order valence-electron chi connectivity index (χ0n) is 7.31. The van der Waals surface area contributed by atoms with Gasteiger partial charge in [0.2, 0.25) is 0 Å². The van der Waals surface area contributed by atoms with Gasteiger partial charge in [-0.1, -0.05) is 19.1 Å². The lowest BCUT2D eigenvalue weighted by Crippen LogP contribution is -1.94. The summed E-state index contributed by atoms with van der Waals surface area (Å²) < 4.78 is 0.896. The van der Waals surface area contributed by atoms with Crippen molar-refractivity contribution < 1.29 is 0 Å². The maximum Gasteiger partial charge on any atom is 0.103 e. The molecule has 12 heavy (non-hydrogen) atoms. The van der Waals surface area contributed by atoms with Crippen molar-refractivity contribution in [2.45, 2.75) is 32.6 Å². The summed E-state index contributed by atoms with van der Waals surface area (Å²) in [6.07, 6.45) is 4.83. The van der Waals surface area contributed by atoms with Gasteiger partial charge in [-0.2, -0.15) is 0 Å². The Kier molecular flexibility index (Phi) is 2.01. The number of hydrogen-bond acceptors (Lipinski definition) is 1. The molecular formula is C10H13NS. The van der Waals surface area contributed by atoms with Gasteiger partial charge in [0, 0.05) is 5.69 Å². The molecule has 0 amide bonds. The summed E-state index contributed by atoms with van der Waals surface area (Å²) in [6.45, 7) is 2.20. The summed E-state index contributed by atoms with van der Waals surface area (Å²) in [6, 6.07) is 2.11. The summed E-state index contributed by atoms with van der Waals surface area (Å²) in [4.78, 5) is 3.28. The molecule has 1 aromatic heterocycles. The SMILES string of the molecule is CCc1cc(=S)[nH]c2c1CCC2. The van der Waals surface area contributed by atoms with Crippen LogP contribution in [0.15, 0.2) is 6.07 Å². The Morgan fingerprint density at radius 3 is 3.08 bits per heavy atom. The monoisotopic (exact) mass is 179 g/mol. The fourth-order valence-corrected chi connectivity index (χ4v) is 2.25. The Morgan fingerprint density at radius 2 is 2.33 bits per heavy atom. The molecule has 0 atom stereocenters. The highest BCUT2D eigenvalue weighted by molar-refractivity contribution is 7.71. The molecule has 0 saturated heterocycles. The summed E-state index contributed by atoms with van der Waals surface area (Å²) in [5, 5.41) is 0. The normalized spacial score (nSPS) is 14.8. The summed E-state index contributed by atoms with van der Waals surface area (Å²) in [7, 11) is 0. The third-order valence-electron chi connectivity index (χ3n) is 2.57. The third kappa shape index (κ3) is 1.20. The van der Waals surface area contributed by atoms with E-state index in [-0.39, 0.29) is 0 Å². The predicted molar refractivity (Wildman–Crippen MR) is 53.0 cm³/mol. The fourth-order valence-electron chi connectivity index (χ4n) is 1.98. The first-order valence-electron chi connectivity index (χ1n) is 4.55. The number of rotatable bonds is 1. The van der Waals surface area contributed by atoms with Crippen LogP contribution in [0.3, 0.4) is 0 Å². The van der Waals surface area contributed by atoms with E-state index in [0.29, 0.717) is 0 Å².